The monoisotopic (exact) mass is 271 g/mol. The minimum atomic E-state index is 0.801. The minimum Gasteiger partial charge on any atom is -0.378 e. The highest BCUT2D eigenvalue weighted by Gasteiger charge is 2.11. The van der Waals surface area contributed by atoms with Crippen LogP contribution in [0.4, 0.5) is 5.69 Å². The Morgan fingerprint density at radius 3 is 2.65 bits per heavy atom. The molecule has 0 amide bonds. The number of benzene rings is 1. The predicted molar refractivity (Wildman–Crippen MR) is 77.2 cm³/mol. The first-order valence-corrected chi connectivity index (χ1v) is 6.65. The van der Waals surface area contributed by atoms with Crippen LogP contribution in [0.25, 0.3) is 0 Å². The smallest absolute Gasteiger partial charge is 0.141 e. The van der Waals surface area contributed by atoms with E-state index in [4.69, 9.17) is 4.74 Å². The van der Waals surface area contributed by atoms with Crippen molar-refractivity contribution < 1.29 is 4.74 Å². The van der Waals surface area contributed by atoms with Crippen molar-refractivity contribution in [3.05, 3.63) is 42.0 Å². The molecule has 0 bridgehead atoms. The van der Waals surface area contributed by atoms with Crippen molar-refractivity contribution in [2.24, 2.45) is 5.10 Å². The van der Waals surface area contributed by atoms with Crippen molar-refractivity contribution in [2.45, 2.75) is 6.92 Å². The van der Waals surface area contributed by atoms with Gasteiger partial charge >= 0.3 is 0 Å². The largest absolute Gasteiger partial charge is 0.378 e. The van der Waals surface area contributed by atoms with Gasteiger partial charge in [-0.2, -0.15) is 5.10 Å². The summed E-state index contributed by atoms with van der Waals surface area (Å²) in [6.07, 6.45) is 4.95. The zero-order valence-corrected chi connectivity index (χ0v) is 11.4. The SMILES string of the molecule is Cc1cc(N2CCOCC2)ccc1/C=N/n1cnnc1. The van der Waals surface area contributed by atoms with Gasteiger partial charge in [0, 0.05) is 18.8 Å². The van der Waals surface area contributed by atoms with Crippen molar-refractivity contribution >= 4 is 11.9 Å². The third-order valence-corrected chi connectivity index (χ3v) is 3.37. The van der Waals surface area contributed by atoms with Gasteiger partial charge in [0.25, 0.3) is 0 Å². The maximum atomic E-state index is 5.38. The minimum absolute atomic E-state index is 0.801. The number of hydrogen-bond donors (Lipinski definition) is 0. The zero-order valence-electron chi connectivity index (χ0n) is 11.4. The quantitative estimate of drug-likeness (QED) is 0.790. The summed E-state index contributed by atoms with van der Waals surface area (Å²) in [4.78, 5) is 2.34. The van der Waals surface area contributed by atoms with Gasteiger partial charge in [0.05, 0.1) is 19.4 Å². The molecule has 0 unspecified atom stereocenters. The molecule has 104 valence electrons. The lowest BCUT2D eigenvalue weighted by atomic mass is 10.1. The van der Waals surface area contributed by atoms with E-state index in [1.807, 2.05) is 6.21 Å². The number of nitrogens with zero attached hydrogens (tertiary/aromatic N) is 5. The fraction of sp³-hybridized carbons (Fsp3) is 0.357. The fourth-order valence-electron chi connectivity index (χ4n) is 2.21. The lowest BCUT2D eigenvalue weighted by Gasteiger charge is -2.29. The van der Waals surface area contributed by atoms with Gasteiger partial charge < -0.3 is 9.64 Å². The molecule has 1 aliphatic rings. The molecule has 6 heteroatoms. The van der Waals surface area contributed by atoms with Gasteiger partial charge in [-0.05, 0) is 30.2 Å². The van der Waals surface area contributed by atoms with Crippen LogP contribution in [0, 0.1) is 6.92 Å². The molecule has 0 atom stereocenters. The topological polar surface area (TPSA) is 55.5 Å². The van der Waals surface area contributed by atoms with Gasteiger partial charge in [0.1, 0.15) is 12.7 Å². The Bertz CT molecular complexity index is 588. The van der Waals surface area contributed by atoms with E-state index in [2.05, 4.69) is 45.3 Å². The highest BCUT2D eigenvalue weighted by atomic mass is 16.5. The molecule has 1 fully saturated rings. The summed E-state index contributed by atoms with van der Waals surface area (Å²) in [5.41, 5.74) is 3.54. The zero-order chi connectivity index (χ0) is 13.8. The average molecular weight is 271 g/mol. The van der Waals surface area contributed by atoms with Crippen LogP contribution >= 0.6 is 0 Å². The number of aromatic nitrogens is 3. The number of hydrogen-bond acceptors (Lipinski definition) is 5. The van der Waals surface area contributed by atoms with E-state index in [0.717, 1.165) is 31.9 Å². The van der Waals surface area contributed by atoms with Crippen LogP contribution in [0.1, 0.15) is 11.1 Å². The molecule has 0 aliphatic carbocycles. The molecule has 0 N–H and O–H groups in total. The molecule has 3 rings (SSSR count). The molecule has 0 saturated carbocycles. The van der Waals surface area contributed by atoms with E-state index >= 15 is 0 Å². The number of ether oxygens (including phenoxy) is 1. The van der Waals surface area contributed by atoms with Crippen LogP contribution in [0.5, 0.6) is 0 Å². The molecule has 6 nitrogen and oxygen atoms in total. The molecular formula is C14H17N5O. The van der Waals surface area contributed by atoms with Gasteiger partial charge in [-0.15, -0.1) is 10.2 Å². The van der Waals surface area contributed by atoms with Gasteiger partial charge in [0.15, 0.2) is 0 Å². The van der Waals surface area contributed by atoms with Gasteiger partial charge in [0.2, 0.25) is 0 Å². The lowest BCUT2D eigenvalue weighted by Crippen LogP contribution is -2.36. The summed E-state index contributed by atoms with van der Waals surface area (Å²) < 4.78 is 6.96. The first-order chi connectivity index (χ1) is 9.83. The molecule has 1 aliphatic heterocycles. The number of anilines is 1. The van der Waals surface area contributed by atoms with E-state index in [-0.39, 0.29) is 0 Å². The molecule has 2 heterocycles. The standard InChI is InChI=1S/C14H17N5O/c1-12-8-14(18-4-6-20-7-5-18)3-2-13(12)9-17-19-10-15-16-11-19/h2-3,8-11H,4-7H2,1H3/b17-9+. The lowest BCUT2D eigenvalue weighted by molar-refractivity contribution is 0.122. The van der Waals surface area contributed by atoms with Crippen LogP contribution in [-0.4, -0.2) is 47.4 Å². The van der Waals surface area contributed by atoms with Crippen LogP contribution in [-0.2, 0) is 4.74 Å². The van der Waals surface area contributed by atoms with Crippen LogP contribution in [0.3, 0.4) is 0 Å². The third-order valence-electron chi connectivity index (χ3n) is 3.37. The first kappa shape index (κ1) is 12.8. The summed E-state index contributed by atoms with van der Waals surface area (Å²) in [6.45, 7) is 5.60. The van der Waals surface area contributed by atoms with Crippen LogP contribution in [0.15, 0.2) is 36.0 Å². The summed E-state index contributed by atoms with van der Waals surface area (Å²) >= 11 is 0. The van der Waals surface area contributed by atoms with Crippen molar-refractivity contribution in [3.63, 3.8) is 0 Å². The molecule has 0 spiro atoms. The Morgan fingerprint density at radius 2 is 1.95 bits per heavy atom. The Kier molecular flexibility index (Phi) is 3.73. The maximum Gasteiger partial charge on any atom is 0.141 e. The first-order valence-electron chi connectivity index (χ1n) is 6.65. The number of aryl methyl sites for hydroxylation is 1. The van der Waals surface area contributed by atoms with Crippen LogP contribution in [0.2, 0.25) is 0 Å². The Balaban J connectivity index is 1.77. The normalized spacial score (nSPS) is 15.9. The Morgan fingerprint density at radius 1 is 1.20 bits per heavy atom. The van der Waals surface area contributed by atoms with Crippen molar-refractivity contribution in [1.29, 1.82) is 0 Å². The molecule has 20 heavy (non-hydrogen) atoms. The Hall–Kier alpha value is -2.21. The summed E-state index contributed by atoms with van der Waals surface area (Å²) in [7, 11) is 0. The predicted octanol–water partition coefficient (Wildman–Crippen LogP) is 1.31. The molecule has 1 aromatic heterocycles. The van der Waals surface area contributed by atoms with E-state index in [0.29, 0.717) is 0 Å². The van der Waals surface area contributed by atoms with Gasteiger partial charge in [-0.25, -0.2) is 4.68 Å². The molecule has 1 aromatic carbocycles. The van der Waals surface area contributed by atoms with E-state index in [1.54, 1.807) is 17.3 Å². The molecule has 1 saturated heterocycles. The second-order valence-corrected chi connectivity index (χ2v) is 4.73. The van der Waals surface area contributed by atoms with Crippen molar-refractivity contribution in [1.82, 2.24) is 14.9 Å². The average Bonchev–Trinajstić information content (AvgIpc) is 3.00. The van der Waals surface area contributed by atoms with Gasteiger partial charge in [-0.3, -0.25) is 0 Å². The van der Waals surface area contributed by atoms with E-state index in [1.165, 1.54) is 11.3 Å². The summed E-state index contributed by atoms with van der Waals surface area (Å²) in [6, 6.07) is 6.42. The molecular weight excluding hydrogens is 254 g/mol. The number of rotatable bonds is 3. The second-order valence-electron chi connectivity index (χ2n) is 4.73. The Labute approximate surface area is 117 Å². The number of morpholine rings is 1. The molecule has 2 aromatic rings. The van der Waals surface area contributed by atoms with E-state index in [9.17, 15) is 0 Å². The van der Waals surface area contributed by atoms with E-state index < -0.39 is 0 Å². The maximum absolute atomic E-state index is 5.38. The van der Waals surface area contributed by atoms with Crippen LogP contribution < -0.4 is 4.90 Å². The third kappa shape index (κ3) is 2.85. The highest BCUT2D eigenvalue weighted by Crippen LogP contribution is 2.19. The van der Waals surface area contributed by atoms with Crippen molar-refractivity contribution in [2.75, 3.05) is 31.2 Å². The molecule has 0 radical (unpaired) electrons. The fourth-order valence-corrected chi connectivity index (χ4v) is 2.21. The highest BCUT2D eigenvalue weighted by molar-refractivity contribution is 5.82. The van der Waals surface area contributed by atoms with Crippen molar-refractivity contribution in [3.8, 4) is 0 Å². The van der Waals surface area contributed by atoms with Gasteiger partial charge in [-0.1, -0.05) is 6.07 Å². The second kappa shape index (κ2) is 5.83. The summed E-state index contributed by atoms with van der Waals surface area (Å²) in [5.74, 6) is 0. The summed E-state index contributed by atoms with van der Waals surface area (Å²) in [5, 5.41) is 11.7.